The molecule has 2 aromatic carbocycles. The molecule has 1 aliphatic carbocycles. The van der Waals surface area contributed by atoms with E-state index in [2.05, 4.69) is 89.2 Å². The number of thioether (sulfide) groups is 2. The first kappa shape index (κ1) is 21.3. The van der Waals surface area contributed by atoms with Gasteiger partial charge in [0.05, 0.1) is 0 Å². The lowest BCUT2D eigenvalue weighted by Gasteiger charge is -2.59. The Morgan fingerprint density at radius 2 is 1.25 bits per heavy atom. The summed E-state index contributed by atoms with van der Waals surface area (Å²) in [5.41, 5.74) is 2.47. The fraction of sp³-hybridized carbons (Fsp3) is 0.400. The number of benzene rings is 2. The quantitative estimate of drug-likeness (QED) is 0.388. The van der Waals surface area contributed by atoms with Crippen LogP contribution in [0.4, 0.5) is 0 Å². The van der Waals surface area contributed by atoms with Gasteiger partial charge in [0.2, 0.25) is 0 Å². The fourth-order valence-corrected chi connectivity index (χ4v) is 7.80. The molecule has 3 heteroatoms. The van der Waals surface area contributed by atoms with Crippen molar-refractivity contribution in [3.63, 3.8) is 0 Å². The van der Waals surface area contributed by atoms with Crippen molar-refractivity contribution < 1.29 is 4.79 Å². The van der Waals surface area contributed by atoms with Crippen molar-refractivity contribution in [2.24, 2.45) is 5.41 Å². The van der Waals surface area contributed by atoms with Crippen molar-refractivity contribution >= 4 is 29.3 Å². The van der Waals surface area contributed by atoms with Gasteiger partial charge < -0.3 is 0 Å². The zero-order valence-electron chi connectivity index (χ0n) is 17.5. The second kappa shape index (κ2) is 8.12. The number of allylic oxidation sites excluding steroid dienone is 1. The van der Waals surface area contributed by atoms with Crippen LogP contribution in [-0.2, 0) is 10.2 Å². The van der Waals surface area contributed by atoms with Crippen LogP contribution in [0.3, 0.4) is 0 Å². The summed E-state index contributed by atoms with van der Waals surface area (Å²) in [5.74, 6) is 2.17. The molecule has 0 saturated heterocycles. The largest absolute Gasteiger partial charge is 0.293 e. The predicted molar refractivity (Wildman–Crippen MR) is 125 cm³/mol. The van der Waals surface area contributed by atoms with Gasteiger partial charge in [-0.2, -0.15) is 0 Å². The molecule has 0 bridgehead atoms. The van der Waals surface area contributed by atoms with E-state index in [-0.39, 0.29) is 15.3 Å². The van der Waals surface area contributed by atoms with Crippen LogP contribution in [0, 0.1) is 5.41 Å². The summed E-state index contributed by atoms with van der Waals surface area (Å²) in [5, 5.41) is 0. The Bertz CT molecular complexity index is 802. The van der Waals surface area contributed by atoms with E-state index in [9.17, 15) is 4.79 Å². The normalized spacial score (nSPS) is 19.5. The Labute approximate surface area is 178 Å². The maximum Gasteiger partial charge on any atom is 0.178 e. The maximum absolute atomic E-state index is 14.0. The van der Waals surface area contributed by atoms with Crippen molar-refractivity contribution in [2.45, 2.75) is 44.1 Å². The SMILES string of the molecule is CCSC1(SCC)/C(=C\C(C)(C)C)C(=O)C1(c1ccccc1)c1ccccc1. The van der Waals surface area contributed by atoms with Crippen molar-refractivity contribution in [1.82, 2.24) is 0 Å². The molecule has 1 nitrogen and oxygen atoms in total. The average molecular weight is 411 g/mol. The van der Waals surface area contributed by atoms with Gasteiger partial charge in [-0.05, 0) is 28.0 Å². The third-order valence-corrected chi connectivity index (χ3v) is 8.27. The second-order valence-corrected chi connectivity index (χ2v) is 11.4. The fourth-order valence-electron chi connectivity index (χ4n) is 4.24. The molecule has 0 N–H and O–H groups in total. The van der Waals surface area contributed by atoms with E-state index in [1.165, 1.54) is 0 Å². The van der Waals surface area contributed by atoms with Crippen LogP contribution in [0.2, 0.25) is 0 Å². The van der Waals surface area contributed by atoms with E-state index in [0.717, 1.165) is 28.2 Å². The molecule has 0 atom stereocenters. The topological polar surface area (TPSA) is 17.1 Å². The lowest BCUT2D eigenvalue weighted by molar-refractivity contribution is -0.124. The van der Waals surface area contributed by atoms with Crippen molar-refractivity contribution in [3.05, 3.63) is 83.4 Å². The highest BCUT2D eigenvalue weighted by atomic mass is 32.2. The molecule has 0 aromatic heterocycles. The number of hydrogen-bond donors (Lipinski definition) is 0. The Kier molecular flexibility index (Phi) is 6.17. The summed E-state index contributed by atoms with van der Waals surface area (Å²) in [7, 11) is 0. The molecule has 0 aliphatic heterocycles. The van der Waals surface area contributed by atoms with Gasteiger partial charge in [-0.25, -0.2) is 0 Å². The monoisotopic (exact) mass is 410 g/mol. The number of carbonyl (C=O) groups excluding carboxylic acids is 1. The number of carbonyl (C=O) groups is 1. The minimum atomic E-state index is -0.659. The van der Waals surface area contributed by atoms with Crippen molar-refractivity contribution in [3.8, 4) is 0 Å². The predicted octanol–water partition coefficient (Wildman–Crippen LogP) is 6.73. The van der Waals surface area contributed by atoms with Crippen LogP contribution in [0.1, 0.15) is 45.7 Å². The molecular formula is C25H30OS2. The molecule has 1 aliphatic rings. The van der Waals surface area contributed by atoms with E-state index >= 15 is 0 Å². The number of hydrogen-bond acceptors (Lipinski definition) is 3. The molecule has 0 spiro atoms. The van der Waals surface area contributed by atoms with Gasteiger partial charge in [-0.15, -0.1) is 23.5 Å². The third kappa shape index (κ3) is 3.27. The summed E-state index contributed by atoms with van der Waals surface area (Å²) in [6, 6.07) is 20.8. The summed E-state index contributed by atoms with van der Waals surface area (Å²) >= 11 is 3.83. The highest BCUT2D eigenvalue weighted by Gasteiger charge is 2.71. The van der Waals surface area contributed by atoms with Crippen molar-refractivity contribution in [1.29, 1.82) is 0 Å². The van der Waals surface area contributed by atoms with Gasteiger partial charge in [0.1, 0.15) is 9.49 Å². The number of Topliss-reactive ketones (excluding diaryl/α,β-unsaturated/α-hetero) is 1. The molecule has 148 valence electrons. The molecular weight excluding hydrogens is 380 g/mol. The van der Waals surface area contributed by atoms with Gasteiger partial charge >= 0.3 is 0 Å². The minimum absolute atomic E-state index is 0.0433. The molecule has 28 heavy (non-hydrogen) atoms. The van der Waals surface area contributed by atoms with E-state index < -0.39 is 5.41 Å². The Morgan fingerprint density at radius 3 is 1.61 bits per heavy atom. The molecule has 0 unspecified atom stereocenters. The van der Waals surface area contributed by atoms with E-state index in [0.29, 0.717) is 0 Å². The lowest BCUT2D eigenvalue weighted by atomic mass is 9.55. The molecule has 1 saturated carbocycles. The molecule has 0 radical (unpaired) electrons. The van der Waals surface area contributed by atoms with E-state index in [1.54, 1.807) is 0 Å². The van der Waals surface area contributed by atoms with Crippen LogP contribution >= 0.6 is 23.5 Å². The maximum atomic E-state index is 14.0. The highest BCUT2D eigenvalue weighted by molar-refractivity contribution is 8.19. The van der Waals surface area contributed by atoms with Crippen LogP contribution in [0.15, 0.2) is 72.3 Å². The summed E-state index contributed by atoms with van der Waals surface area (Å²) in [6.07, 6.45) is 2.21. The average Bonchev–Trinajstić information content (AvgIpc) is 2.68. The first-order valence-corrected chi connectivity index (χ1v) is 12.0. The number of rotatable bonds is 6. The van der Waals surface area contributed by atoms with Crippen LogP contribution in [0.5, 0.6) is 0 Å². The Balaban J connectivity index is 2.37. The third-order valence-electron chi connectivity index (χ3n) is 5.12. The Hall–Kier alpha value is -1.45. The van der Waals surface area contributed by atoms with E-state index in [4.69, 9.17) is 0 Å². The Morgan fingerprint density at radius 1 is 0.821 bits per heavy atom. The van der Waals surface area contributed by atoms with Crippen LogP contribution in [0.25, 0.3) is 0 Å². The highest BCUT2D eigenvalue weighted by Crippen LogP contribution is 2.68. The molecule has 0 heterocycles. The summed E-state index contributed by atoms with van der Waals surface area (Å²) < 4.78 is -0.316. The van der Waals surface area contributed by atoms with E-state index in [1.807, 2.05) is 35.7 Å². The van der Waals surface area contributed by atoms with Crippen molar-refractivity contribution in [2.75, 3.05) is 11.5 Å². The van der Waals surface area contributed by atoms with Gasteiger partial charge in [-0.1, -0.05) is 101 Å². The molecule has 2 aromatic rings. The molecule has 0 amide bonds. The smallest absolute Gasteiger partial charge is 0.178 e. The van der Waals surface area contributed by atoms with Crippen LogP contribution in [-0.4, -0.2) is 21.4 Å². The van der Waals surface area contributed by atoms with Gasteiger partial charge in [0, 0.05) is 5.57 Å². The molecule has 1 fully saturated rings. The van der Waals surface area contributed by atoms with Gasteiger partial charge in [0.15, 0.2) is 5.78 Å². The lowest BCUT2D eigenvalue weighted by Crippen LogP contribution is -2.67. The standard InChI is InChI=1S/C25H30OS2/c1-6-27-25(28-7-2)21(18-23(3,4)5)22(26)24(25,19-14-10-8-11-15-19)20-16-12-9-13-17-20/h8-18H,6-7H2,1-5H3/b21-18-. The van der Waals surface area contributed by atoms with Gasteiger partial charge in [-0.3, -0.25) is 4.79 Å². The second-order valence-electron chi connectivity index (χ2n) is 8.22. The summed E-state index contributed by atoms with van der Waals surface area (Å²) in [6.45, 7) is 10.9. The first-order chi connectivity index (χ1) is 13.3. The first-order valence-electron chi connectivity index (χ1n) is 10.0. The minimum Gasteiger partial charge on any atom is -0.293 e. The van der Waals surface area contributed by atoms with Gasteiger partial charge in [0.25, 0.3) is 0 Å². The number of ketones is 1. The summed E-state index contributed by atoms with van der Waals surface area (Å²) in [4.78, 5) is 14.0. The molecule has 3 rings (SSSR count). The zero-order valence-corrected chi connectivity index (χ0v) is 19.1. The van der Waals surface area contributed by atoms with Crippen LogP contribution < -0.4 is 0 Å². The zero-order chi connectivity index (χ0) is 20.4.